The Hall–Kier alpha value is -1.29. The third-order valence-corrected chi connectivity index (χ3v) is 2.15. The summed E-state index contributed by atoms with van der Waals surface area (Å²) in [6.07, 6.45) is 0.605. The molecule has 0 saturated carbocycles. The highest BCUT2D eigenvalue weighted by Gasteiger charge is 2.07. The highest BCUT2D eigenvalue weighted by Crippen LogP contribution is 2.30. The number of hydrogen-bond acceptors (Lipinski definition) is 3. The van der Waals surface area contributed by atoms with Gasteiger partial charge in [0.25, 0.3) is 0 Å². The van der Waals surface area contributed by atoms with Crippen LogP contribution in [-0.4, -0.2) is 11.4 Å². The molecule has 1 heterocycles. The summed E-state index contributed by atoms with van der Waals surface area (Å²) in [5.41, 5.74) is 0.338. The number of aromatic hydroxyl groups is 1. The summed E-state index contributed by atoms with van der Waals surface area (Å²) in [6, 6.07) is 4.86. The molecular formula is C9H5BrO3. The molecule has 0 unspecified atom stereocenters. The Balaban J connectivity index is 2.82. The lowest BCUT2D eigenvalue weighted by molar-refractivity contribution is 0.110. The molecule has 1 aromatic carbocycles. The lowest BCUT2D eigenvalue weighted by atomic mass is 10.2. The van der Waals surface area contributed by atoms with Crippen LogP contribution >= 0.6 is 15.9 Å². The van der Waals surface area contributed by atoms with Crippen molar-refractivity contribution in [1.29, 1.82) is 0 Å². The normalized spacial score (nSPS) is 10.5. The second kappa shape index (κ2) is 2.88. The van der Waals surface area contributed by atoms with E-state index < -0.39 is 0 Å². The van der Waals surface area contributed by atoms with Crippen LogP contribution in [-0.2, 0) is 0 Å². The maximum Gasteiger partial charge on any atom is 0.185 e. The molecule has 0 atom stereocenters. The van der Waals surface area contributed by atoms with Gasteiger partial charge < -0.3 is 9.52 Å². The summed E-state index contributed by atoms with van der Waals surface area (Å²) in [5.74, 6) is 0.237. The lowest BCUT2D eigenvalue weighted by Crippen LogP contribution is -1.67. The third-order valence-electron chi connectivity index (χ3n) is 1.70. The van der Waals surface area contributed by atoms with Crippen molar-refractivity contribution in [2.75, 3.05) is 0 Å². The van der Waals surface area contributed by atoms with E-state index in [0.717, 1.165) is 4.47 Å². The fraction of sp³-hybridized carbons (Fsp3) is 0. The summed E-state index contributed by atoms with van der Waals surface area (Å²) in [7, 11) is 0. The van der Waals surface area contributed by atoms with Crippen LogP contribution in [0.4, 0.5) is 0 Å². The molecule has 1 N–H and O–H groups in total. The average molecular weight is 241 g/mol. The van der Waals surface area contributed by atoms with Gasteiger partial charge in [-0.15, -0.1) is 0 Å². The van der Waals surface area contributed by atoms with Crippen LogP contribution in [0.1, 0.15) is 10.6 Å². The molecule has 2 aromatic rings. The summed E-state index contributed by atoms with van der Waals surface area (Å²) in [6.45, 7) is 0. The molecule has 0 radical (unpaired) electrons. The maximum absolute atomic E-state index is 10.4. The van der Waals surface area contributed by atoms with Crippen molar-refractivity contribution < 1.29 is 14.3 Å². The molecule has 13 heavy (non-hydrogen) atoms. The molecule has 4 heteroatoms. The maximum atomic E-state index is 10.4. The minimum Gasteiger partial charge on any atom is -0.504 e. The van der Waals surface area contributed by atoms with Gasteiger partial charge in [-0.05, 0) is 18.2 Å². The van der Waals surface area contributed by atoms with Crippen LogP contribution < -0.4 is 0 Å². The van der Waals surface area contributed by atoms with Crippen molar-refractivity contribution >= 4 is 33.2 Å². The van der Waals surface area contributed by atoms with Crippen molar-refractivity contribution in [2.24, 2.45) is 0 Å². The van der Waals surface area contributed by atoms with E-state index in [0.29, 0.717) is 17.3 Å². The number of fused-ring (bicyclic) bond motifs is 1. The van der Waals surface area contributed by atoms with Gasteiger partial charge in [0.05, 0.1) is 0 Å². The van der Waals surface area contributed by atoms with Gasteiger partial charge in [0.15, 0.2) is 23.4 Å². The fourth-order valence-corrected chi connectivity index (χ4v) is 1.64. The Kier molecular flexibility index (Phi) is 1.84. The first kappa shape index (κ1) is 8.31. The van der Waals surface area contributed by atoms with Crippen LogP contribution in [0.2, 0.25) is 0 Å². The van der Waals surface area contributed by atoms with Crippen LogP contribution in [0.3, 0.4) is 0 Å². The molecule has 0 amide bonds. The molecule has 0 aliphatic heterocycles. The van der Waals surface area contributed by atoms with Gasteiger partial charge in [0.2, 0.25) is 0 Å². The van der Waals surface area contributed by atoms with E-state index in [-0.39, 0.29) is 11.5 Å². The van der Waals surface area contributed by atoms with Gasteiger partial charge >= 0.3 is 0 Å². The second-order valence-corrected chi connectivity index (χ2v) is 3.53. The Morgan fingerprint density at radius 3 is 2.85 bits per heavy atom. The van der Waals surface area contributed by atoms with Gasteiger partial charge in [0.1, 0.15) is 0 Å². The van der Waals surface area contributed by atoms with Gasteiger partial charge in [-0.25, -0.2) is 0 Å². The molecule has 66 valence electrons. The molecule has 3 nitrogen and oxygen atoms in total. The van der Waals surface area contributed by atoms with E-state index in [9.17, 15) is 9.90 Å². The highest BCUT2D eigenvalue weighted by molar-refractivity contribution is 9.10. The summed E-state index contributed by atoms with van der Waals surface area (Å²) >= 11 is 3.22. The van der Waals surface area contributed by atoms with Crippen LogP contribution in [0.25, 0.3) is 11.0 Å². The van der Waals surface area contributed by atoms with E-state index in [4.69, 9.17) is 4.42 Å². The number of phenolic OH excluding ortho intramolecular Hbond substituents is 1. The molecule has 1 aromatic heterocycles. The van der Waals surface area contributed by atoms with Crippen molar-refractivity contribution in [3.05, 3.63) is 28.4 Å². The van der Waals surface area contributed by atoms with Crippen molar-refractivity contribution in [3.8, 4) is 5.75 Å². The molecule has 0 saturated heterocycles. The van der Waals surface area contributed by atoms with Crippen molar-refractivity contribution in [1.82, 2.24) is 0 Å². The number of carbonyl (C=O) groups is 1. The zero-order valence-electron chi connectivity index (χ0n) is 6.45. The van der Waals surface area contributed by atoms with Crippen molar-refractivity contribution in [3.63, 3.8) is 0 Å². The van der Waals surface area contributed by atoms with E-state index in [1.807, 2.05) is 0 Å². The number of furan rings is 1. The second-order valence-electron chi connectivity index (χ2n) is 2.61. The minimum absolute atomic E-state index is 0.0254. The zero-order valence-corrected chi connectivity index (χ0v) is 8.04. The number of halogens is 1. The molecule has 0 aliphatic carbocycles. The molecule has 0 spiro atoms. The largest absolute Gasteiger partial charge is 0.504 e. The quantitative estimate of drug-likeness (QED) is 0.781. The van der Waals surface area contributed by atoms with Crippen LogP contribution in [0, 0.1) is 0 Å². The fourth-order valence-electron chi connectivity index (χ4n) is 1.18. The minimum atomic E-state index is 0.0254. The summed E-state index contributed by atoms with van der Waals surface area (Å²) in [5, 5.41) is 10.1. The molecular weight excluding hydrogens is 236 g/mol. The Labute approximate surface area is 82.1 Å². The van der Waals surface area contributed by atoms with Crippen molar-refractivity contribution in [2.45, 2.75) is 0 Å². The van der Waals surface area contributed by atoms with Gasteiger partial charge in [0, 0.05) is 9.86 Å². The Bertz CT molecular complexity index is 473. The number of hydrogen-bond donors (Lipinski definition) is 1. The smallest absolute Gasteiger partial charge is 0.185 e. The number of phenols is 1. The average Bonchev–Trinajstić information content (AvgIpc) is 2.47. The monoisotopic (exact) mass is 240 g/mol. The predicted molar refractivity (Wildman–Crippen MR) is 51.0 cm³/mol. The first-order chi connectivity index (χ1) is 6.20. The van der Waals surface area contributed by atoms with E-state index >= 15 is 0 Å². The molecule has 0 fully saturated rings. The molecule has 0 aliphatic rings. The van der Waals surface area contributed by atoms with Crippen LogP contribution in [0.5, 0.6) is 5.75 Å². The lowest BCUT2D eigenvalue weighted by Gasteiger charge is -1.93. The molecule has 0 bridgehead atoms. The van der Waals surface area contributed by atoms with E-state index in [1.165, 1.54) is 6.07 Å². The number of benzene rings is 1. The number of rotatable bonds is 1. The Morgan fingerprint density at radius 1 is 1.38 bits per heavy atom. The van der Waals surface area contributed by atoms with Gasteiger partial charge in [-0.3, -0.25) is 4.79 Å². The third kappa shape index (κ3) is 1.33. The summed E-state index contributed by atoms with van der Waals surface area (Å²) < 4.78 is 5.81. The first-order valence-corrected chi connectivity index (χ1v) is 4.37. The van der Waals surface area contributed by atoms with E-state index in [2.05, 4.69) is 15.9 Å². The van der Waals surface area contributed by atoms with Crippen LogP contribution in [0.15, 0.2) is 27.1 Å². The number of carbonyl (C=O) groups excluding carboxylic acids is 1. The first-order valence-electron chi connectivity index (χ1n) is 3.58. The zero-order chi connectivity index (χ0) is 9.42. The summed E-state index contributed by atoms with van der Waals surface area (Å²) in [4.78, 5) is 10.4. The standard InChI is InChI=1S/C9H5BrO3/c10-6-1-5-2-7(4-11)13-9(5)8(12)3-6/h1-4,12H. The van der Waals surface area contributed by atoms with Gasteiger partial charge in [-0.1, -0.05) is 15.9 Å². The topological polar surface area (TPSA) is 50.4 Å². The highest BCUT2D eigenvalue weighted by atomic mass is 79.9. The number of aldehydes is 1. The van der Waals surface area contributed by atoms with Gasteiger partial charge in [-0.2, -0.15) is 0 Å². The van der Waals surface area contributed by atoms with E-state index in [1.54, 1.807) is 12.1 Å². The SMILES string of the molecule is O=Cc1cc2cc(Br)cc(O)c2o1. The molecule has 2 rings (SSSR count). The predicted octanol–water partition coefficient (Wildman–Crippen LogP) is 2.71. The Morgan fingerprint density at radius 2 is 2.15 bits per heavy atom.